The van der Waals surface area contributed by atoms with E-state index in [4.69, 9.17) is 14.6 Å². The summed E-state index contributed by atoms with van der Waals surface area (Å²) in [6, 6.07) is 7.80. The fourth-order valence-corrected chi connectivity index (χ4v) is 5.05. The van der Waals surface area contributed by atoms with E-state index in [1.54, 1.807) is 7.11 Å². The molecule has 0 radical (unpaired) electrons. The van der Waals surface area contributed by atoms with Crippen LogP contribution in [0.3, 0.4) is 0 Å². The van der Waals surface area contributed by atoms with Crippen molar-refractivity contribution < 1.29 is 19.4 Å². The molecule has 2 fully saturated rings. The Hall–Kier alpha value is -3.20. The van der Waals surface area contributed by atoms with Gasteiger partial charge in [0.15, 0.2) is 5.65 Å². The first kappa shape index (κ1) is 22.6. The highest BCUT2D eigenvalue weighted by Crippen LogP contribution is 2.31. The van der Waals surface area contributed by atoms with Gasteiger partial charge in [0, 0.05) is 37.3 Å². The maximum atomic E-state index is 10.9. The lowest BCUT2D eigenvalue weighted by molar-refractivity contribution is -0.138. The standard InChI is InChI=1S/C25H31N5O4/c1-33-22-9-7-20-25(28-22)29-24(27-20)17-4-8-21(26-15-17)30-12-10-19(11-13-30)34-18-5-2-16(3-6-18)14-23(31)32/h4,7-9,15-16,18-19H,2-3,5-6,10-14H2,1H3,(H,31,32)(H,27,28,29). The summed E-state index contributed by atoms with van der Waals surface area (Å²) in [5.74, 6) is 1.87. The summed E-state index contributed by atoms with van der Waals surface area (Å²) in [6.07, 6.45) is 8.53. The number of carboxylic acid groups (broad SMARTS) is 1. The van der Waals surface area contributed by atoms with Gasteiger partial charge in [-0.3, -0.25) is 4.79 Å². The van der Waals surface area contributed by atoms with E-state index in [0.29, 0.717) is 23.9 Å². The van der Waals surface area contributed by atoms with Crippen LogP contribution in [0.25, 0.3) is 22.6 Å². The Morgan fingerprint density at radius 3 is 2.50 bits per heavy atom. The molecular formula is C25H31N5O4. The Morgan fingerprint density at radius 2 is 1.82 bits per heavy atom. The summed E-state index contributed by atoms with van der Waals surface area (Å²) in [6.45, 7) is 1.83. The third-order valence-electron chi connectivity index (χ3n) is 6.96. The lowest BCUT2D eigenvalue weighted by Gasteiger charge is -2.36. The molecule has 0 bridgehead atoms. The molecule has 0 atom stereocenters. The number of rotatable bonds is 7. The van der Waals surface area contributed by atoms with E-state index in [-0.39, 0.29) is 12.2 Å². The molecular weight excluding hydrogens is 434 g/mol. The van der Waals surface area contributed by atoms with E-state index >= 15 is 0 Å². The molecule has 2 N–H and O–H groups in total. The van der Waals surface area contributed by atoms with Crippen LogP contribution in [-0.4, -0.2) is 63.4 Å². The second-order valence-corrected chi connectivity index (χ2v) is 9.28. The number of nitrogens with zero attached hydrogens (tertiary/aromatic N) is 4. The highest BCUT2D eigenvalue weighted by atomic mass is 16.5. The second kappa shape index (κ2) is 9.97. The number of aromatic nitrogens is 4. The number of imidazole rings is 1. The molecule has 0 spiro atoms. The van der Waals surface area contributed by atoms with Gasteiger partial charge in [0.1, 0.15) is 11.6 Å². The molecule has 34 heavy (non-hydrogen) atoms. The van der Waals surface area contributed by atoms with Crippen LogP contribution in [0, 0.1) is 5.92 Å². The average Bonchev–Trinajstić information content (AvgIpc) is 3.29. The van der Waals surface area contributed by atoms with Gasteiger partial charge in [-0.05, 0) is 62.6 Å². The Balaban J connectivity index is 1.13. The predicted molar refractivity (Wildman–Crippen MR) is 128 cm³/mol. The number of ether oxygens (including phenoxy) is 2. The van der Waals surface area contributed by atoms with Crippen molar-refractivity contribution in [2.24, 2.45) is 5.92 Å². The molecule has 9 heteroatoms. The predicted octanol–water partition coefficient (Wildman–Crippen LogP) is 4.05. The lowest BCUT2D eigenvalue weighted by Crippen LogP contribution is -2.39. The number of aromatic amines is 1. The van der Waals surface area contributed by atoms with Crippen molar-refractivity contribution in [1.82, 2.24) is 19.9 Å². The van der Waals surface area contributed by atoms with Gasteiger partial charge in [0.2, 0.25) is 5.88 Å². The van der Waals surface area contributed by atoms with Crippen molar-refractivity contribution in [2.75, 3.05) is 25.1 Å². The SMILES string of the molecule is COc1ccc2[nH]c(-c3ccc(N4CCC(OC5CCC(CC(=O)O)CC5)CC4)nc3)nc2n1. The van der Waals surface area contributed by atoms with Crippen LogP contribution < -0.4 is 9.64 Å². The molecule has 1 saturated heterocycles. The minimum atomic E-state index is -0.686. The summed E-state index contributed by atoms with van der Waals surface area (Å²) in [5, 5.41) is 8.98. The number of piperidine rings is 1. The summed E-state index contributed by atoms with van der Waals surface area (Å²) in [5.41, 5.74) is 2.39. The highest BCUT2D eigenvalue weighted by Gasteiger charge is 2.28. The fraction of sp³-hybridized carbons (Fsp3) is 0.520. The maximum Gasteiger partial charge on any atom is 0.303 e. The van der Waals surface area contributed by atoms with Gasteiger partial charge in [-0.2, -0.15) is 4.98 Å². The number of anilines is 1. The molecule has 3 aromatic heterocycles. The maximum absolute atomic E-state index is 10.9. The van der Waals surface area contributed by atoms with Crippen molar-refractivity contribution in [3.63, 3.8) is 0 Å². The third-order valence-corrected chi connectivity index (χ3v) is 6.96. The highest BCUT2D eigenvalue weighted by molar-refractivity contribution is 5.76. The smallest absolute Gasteiger partial charge is 0.303 e. The molecule has 180 valence electrons. The first-order chi connectivity index (χ1) is 16.6. The van der Waals surface area contributed by atoms with Crippen LogP contribution in [0.2, 0.25) is 0 Å². The number of pyridine rings is 2. The first-order valence-corrected chi connectivity index (χ1v) is 12.1. The Labute approximate surface area is 198 Å². The quantitative estimate of drug-likeness (QED) is 0.537. The number of hydrogen-bond donors (Lipinski definition) is 2. The van der Waals surface area contributed by atoms with Crippen LogP contribution in [0.15, 0.2) is 30.5 Å². The van der Waals surface area contributed by atoms with Gasteiger partial charge in [0.05, 0.1) is 24.8 Å². The number of H-pyrrole nitrogens is 1. The zero-order valence-electron chi connectivity index (χ0n) is 19.4. The fourth-order valence-electron chi connectivity index (χ4n) is 5.05. The largest absolute Gasteiger partial charge is 0.481 e. The topological polar surface area (TPSA) is 113 Å². The van der Waals surface area contributed by atoms with E-state index in [1.165, 1.54) is 0 Å². The Morgan fingerprint density at radius 1 is 1.06 bits per heavy atom. The molecule has 1 aliphatic carbocycles. The first-order valence-electron chi connectivity index (χ1n) is 12.1. The van der Waals surface area contributed by atoms with Crippen LogP contribution in [0.4, 0.5) is 5.82 Å². The number of fused-ring (bicyclic) bond motifs is 1. The van der Waals surface area contributed by atoms with E-state index in [1.807, 2.05) is 30.5 Å². The summed E-state index contributed by atoms with van der Waals surface area (Å²) >= 11 is 0. The normalized spacial score (nSPS) is 21.6. The molecule has 0 amide bonds. The van der Waals surface area contributed by atoms with Gasteiger partial charge in [-0.1, -0.05) is 0 Å². The van der Waals surface area contributed by atoms with E-state index in [0.717, 1.165) is 74.3 Å². The van der Waals surface area contributed by atoms with Crippen molar-refractivity contribution in [1.29, 1.82) is 0 Å². The van der Waals surface area contributed by atoms with Crippen molar-refractivity contribution in [3.05, 3.63) is 30.5 Å². The van der Waals surface area contributed by atoms with Gasteiger partial charge in [-0.25, -0.2) is 9.97 Å². The summed E-state index contributed by atoms with van der Waals surface area (Å²) in [7, 11) is 1.59. The second-order valence-electron chi connectivity index (χ2n) is 9.28. The Bertz CT molecular complexity index is 1120. The van der Waals surface area contributed by atoms with Crippen LogP contribution in [0.5, 0.6) is 5.88 Å². The molecule has 4 heterocycles. The van der Waals surface area contributed by atoms with E-state index in [2.05, 4.69) is 24.8 Å². The van der Waals surface area contributed by atoms with E-state index < -0.39 is 5.97 Å². The van der Waals surface area contributed by atoms with Crippen molar-refractivity contribution in [2.45, 2.75) is 57.2 Å². The summed E-state index contributed by atoms with van der Waals surface area (Å²) in [4.78, 5) is 30.1. The molecule has 0 aromatic carbocycles. The molecule has 0 unspecified atom stereocenters. The zero-order chi connectivity index (χ0) is 23.5. The van der Waals surface area contributed by atoms with Crippen LogP contribution in [0.1, 0.15) is 44.9 Å². The van der Waals surface area contributed by atoms with Crippen molar-refractivity contribution in [3.8, 4) is 17.3 Å². The summed E-state index contributed by atoms with van der Waals surface area (Å²) < 4.78 is 11.5. The minimum absolute atomic E-state index is 0.275. The molecule has 5 rings (SSSR count). The lowest BCUT2D eigenvalue weighted by atomic mass is 9.85. The third kappa shape index (κ3) is 5.14. The van der Waals surface area contributed by atoms with Gasteiger partial charge >= 0.3 is 5.97 Å². The number of carboxylic acids is 1. The molecule has 3 aromatic rings. The van der Waals surface area contributed by atoms with Crippen LogP contribution >= 0.6 is 0 Å². The van der Waals surface area contributed by atoms with Gasteiger partial charge in [0.25, 0.3) is 0 Å². The van der Waals surface area contributed by atoms with Crippen LogP contribution in [-0.2, 0) is 9.53 Å². The Kier molecular flexibility index (Phi) is 6.62. The zero-order valence-corrected chi connectivity index (χ0v) is 19.4. The number of methoxy groups -OCH3 is 1. The monoisotopic (exact) mass is 465 g/mol. The number of carbonyl (C=O) groups is 1. The van der Waals surface area contributed by atoms with Crippen molar-refractivity contribution >= 4 is 23.0 Å². The number of nitrogens with one attached hydrogen (secondary N) is 1. The molecule has 1 aliphatic heterocycles. The number of hydrogen-bond acceptors (Lipinski definition) is 7. The molecule has 9 nitrogen and oxygen atoms in total. The molecule has 2 aliphatic rings. The van der Waals surface area contributed by atoms with Gasteiger partial charge in [-0.15, -0.1) is 0 Å². The van der Waals surface area contributed by atoms with Gasteiger partial charge < -0.3 is 24.5 Å². The number of aliphatic carboxylic acids is 1. The van der Waals surface area contributed by atoms with E-state index in [9.17, 15) is 4.79 Å². The average molecular weight is 466 g/mol. The molecule has 1 saturated carbocycles. The minimum Gasteiger partial charge on any atom is -0.481 e.